The zero-order valence-corrected chi connectivity index (χ0v) is 18.3. The first-order valence-corrected chi connectivity index (χ1v) is 10.9. The summed E-state index contributed by atoms with van der Waals surface area (Å²) in [5, 5.41) is 3.69. The summed E-state index contributed by atoms with van der Waals surface area (Å²) in [6, 6.07) is 22.0. The Morgan fingerprint density at radius 2 is 1.78 bits per heavy atom. The molecule has 0 saturated heterocycles. The molecule has 2 heterocycles. The van der Waals surface area contributed by atoms with E-state index in [9.17, 15) is 4.39 Å². The standard InChI is InChI=1S/C26H19FN2O2S/c1-16-6-8-17(9-7-16)22-15-32-26(29-22)21-14-18-4-3-5-23(30-2)24(18)31-25(21)28-20-12-10-19(27)11-13-20/h3-15H,1-2H3. The van der Waals surface area contributed by atoms with E-state index >= 15 is 0 Å². The van der Waals surface area contributed by atoms with E-state index in [2.05, 4.69) is 36.2 Å². The van der Waals surface area contributed by atoms with Gasteiger partial charge in [-0.2, -0.15) is 0 Å². The van der Waals surface area contributed by atoms with Crippen molar-refractivity contribution in [2.75, 3.05) is 7.11 Å². The van der Waals surface area contributed by atoms with Crippen LogP contribution in [0.3, 0.4) is 0 Å². The van der Waals surface area contributed by atoms with Crippen molar-refractivity contribution in [2.24, 2.45) is 4.99 Å². The minimum absolute atomic E-state index is 0.316. The van der Waals surface area contributed by atoms with Crippen LogP contribution in [0.1, 0.15) is 5.56 Å². The van der Waals surface area contributed by atoms with Crippen molar-refractivity contribution in [2.45, 2.75) is 6.92 Å². The lowest BCUT2D eigenvalue weighted by molar-refractivity contribution is 0.406. The van der Waals surface area contributed by atoms with Crippen LogP contribution in [0.4, 0.5) is 10.1 Å². The Bertz CT molecular complexity index is 1470. The van der Waals surface area contributed by atoms with E-state index < -0.39 is 0 Å². The molecule has 6 heteroatoms. The number of ether oxygens (including phenoxy) is 1. The molecule has 0 fully saturated rings. The number of aromatic nitrogens is 1. The maximum Gasteiger partial charge on any atom is 0.230 e. The highest BCUT2D eigenvalue weighted by atomic mass is 32.1. The highest BCUT2D eigenvalue weighted by Gasteiger charge is 2.14. The van der Waals surface area contributed by atoms with Crippen LogP contribution in [0, 0.1) is 12.7 Å². The third-order valence-electron chi connectivity index (χ3n) is 5.10. The fourth-order valence-electron chi connectivity index (χ4n) is 3.41. The van der Waals surface area contributed by atoms with Crippen molar-refractivity contribution in [1.29, 1.82) is 0 Å². The predicted molar refractivity (Wildman–Crippen MR) is 126 cm³/mol. The summed E-state index contributed by atoms with van der Waals surface area (Å²) >= 11 is 1.53. The zero-order chi connectivity index (χ0) is 22.1. The van der Waals surface area contributed by atoms with Crippen LogP contribution in [-0.2, 0) is 0 Å². The van der Waals surface area contributed by atoms with E-state index in [4.69, 9.17) is 14.1 Å². The molecule has 0 N–H and O–H groups in total. The van der Waals surface area contributed by atoms with Crippen LogP contribution >= 0.6 is 11.3 Å². The number of rotatable bonds is 4. The topological polar surface area (TPSA) is 47.6 Å². The van der Waals surface area contributed by atoms with Crippen molar-refractivity contribution >= 4 is 28.0 Å². The second kappa shape index (κ2) is 8.40. The number of thiazole rings is 1. The molecule has 2 aromatic heterocycles. The van der Waals surface area contributed by atoms with Gasteiger partial charge in [-0.15, -0.1) is 11.3 Å². The fourth-order valence-corrected chi connectivity index (χ4v) is 4.25. The van der Waals surface area contributed by atoms with Crippen LogP contribution < -0.4 is 10.3 Å². The minimum Gasteiger partial charge on any atom is -0.493 e. The van der Waals surface area contributed by atoms with E-state index in [-0.39, 0.29) is 5.82 Å². The van der Waals surface area contributed by atoms with Crippen molar-refractivity contribution in [3.63, 3.8) is 0 Å². The number of hydrogen-bond donors (Lipinski definition) is 0. The molecule has 3 aromatic carbocycles. The van der Waals surface area contributed by atoms with Crippen molar-refractivity contribution in [3.8, 4) is 27.6 Å². The molecule has 0 aliphatic rings. The lowest BCUT2D eigenvalue weighted by Crippen LogP contribution is -2.06. The number of para-hydroxylation sites is 1. The van der Waals surface area contributed by atoms with Gasteiger partial charge < -0.3 is 9.15 Å². The van der Waals surface area contributed by atoms with E-state index in [0.717, 1.165) is 27.2 Å². The van der Waals surface area contributed by atoms with E-state index in [1.54, 1.807) is 19.2 Å². The number of nitrogens with zero attached hydrogens (tertiary/aromatic N) is 2. The smallest absolute Gasteiger partial charge is 0.230 e. The first-order chi connectivity index (χ1) is 15.6. The average Bonchev–Trinajstić information content (AvgIpc) is 3.30. The molecule has 0 radical (unpaired) electrons. The lowest BCUT2D eigenvalue weighted by Gasteiger charge is -2.06. The maximum absolute atomic E-state index is 13.4. The van der Waals surface area contributed by atoms with Crippen LogP contribution in [0.2, 0.25) is 0 Å². The molecular formula is C26H19FN2O2S. The number of fused-ring (bicyclic) bond motifs is 1. The molecule has 5 rings (SSSR count). The van der Waals surface area contributed by atoms with Gasteiger partial charge in [0, 0.05) is 16.3 Å². The molecule has 0 bridgehead atoms. The van der Waals surface area contributed by atoms with Gasteiger partial charge in [0.15, 0.2) is 11.3 Å². The van der Waals surface area contributed by atoms with Gasteiger partial charge in [-0.3, -0.25) is 0 Å². The van der Waals surface area contributed by atoms with Gasteiger partial charge in [0.1, 0.15) is 10.8 Å². The van der Waals surface area contributed by atoms with Crippen LogP contribution in [0.5, 0.6) is 5.75 Å². The van der Waals surface area contributed by atoms with Crippen LogP contribution in [-0.4, -0.2) is 12.1 Å². The van der Waals surface area contributed by atoms with Crippen LogP contribution in [0.25, 0.3) is 32.8 Å². The Balaban J connectivity index is 1.71. The van der Waals surface area contributed by atoms with Gasteiger partial charge >= 0.3 is 0 Å². The minimum atomic E-state index is -0.316. The number of halogens is 1. The Hall–Kier alpha value is -3.77. The summed E-state index contributed by atoms with van der Waals surface area (Å²) in [6.07, 6.45) is 0. The third-order valence-corrected chi connectivity index (χ3v) is 5.97. The molecule has 0 unspecified atom stereocenters. The number of benzene rings is 3. The monoisotopic (exact) mass is 442 g/mol. The second-order valence-electron chi connectivity index (χ2n) is 7.34. The molecule has 32 heavy (non-hydrogen) atoms. The lowest BCUT2D eigenvalue weighted by atomic mass is 10.1. The molecule has 5 aromatic rings. The van der Waals surface area contributed by atoms with Gasteiger partial charge in [0.05, 0.1) is 24.1 Å². The largest absolute Gasteiger partial charge is 0.493 e. The quantitative estimate of drug-likeness (QED) is 0.304. The number of hydrogen-bond acceptors (Lipinski definition) is 5. The third kappa shape index (κ3) is 3.92. The second-order valence-corrected chi connectivity index (χ2v) is 8.19. The molecule has 0 aliphatic heterocycles. The zero-order valence-electron chi connectivity index (χ0n) is 17.5. The van der Waals surface area contributed by atoms with Crippen LogP contribution in [0.15, 0.2) is 87.6 Å². The molecule has 4 nitrogen and oxygen atoms in total. The molecule has 0 aliphatic carbocycles. The molecular weight excluding hydrogens is 423 g/mol. The molecule has 0 amide bonds. The Labute approximate surface area is 188 Å². The summed E-state index contributed by atoms with van der Waals surface area (Å²) in [4.78, 5) is 9.51. The van der Waals surface area contributed by atoms with Gasteiger partial charge in [-0.1, -0.05) is 42.0 Å². The first kappa shape index (κ1) is 20.2. The molecule has 0 spiro atoms. The Kier molecular flexibility index (Phi) is 5.29. The summed E-state index contributed by atoms with van der Waals surface area (Å²) in [5.41, 5.74) is 5.47. The normalized spacial score (nSPS) is 11.8. The van der Waals surface area contributed by atoms with Crippen molar-refractivity contribution in [3.05, 3.63) is 95.1 Å². The number of methoxy groups -OCH3 is 1. The van der Waals surface area contributed by atoms with Gasteiger partial charge in [0.2, 0.25) is 5.55 Å². The Morgan fingerprint density at radius 3 is 2.53 bits per heavy atom. The summed E-state index contributed by atoms with van der Waals surface area (Å²) in [6.45, 7) is 2.06. The SMILES string of the molecule is COc1cccc2cc(-c3nc(-c4ccc(C)cc4)cs3)c(=Nc3ccc(F)cc3)oc12. The van der Waals surface area contributed by atoms with Crippen molar-refractivity contribution in [1.82, 2.24) is 4.98 Å². The highest BCUT2D eigenvalue weighted by Crippen LogP contribution is 2.31. The van der Waals surface area contributed by atoms with E-state index in [0.29, 0.717) is 22.6 Å². The Morgan fingerprint density at radius 1 is 1.00 bits per heavy atom. The summed E-state index contributed by atoms with van der Waals surface area (Å²) in [5.74, 6) is 0.299. The van der Waals surface area contributed by atoms with E-state index in [1.807, 2.05) is 29.6 Å². The highest BCUT2D eigenvalue weighted by molar-refractivity contribution is 7.13. The number of aryl methyl sites for hydroxylation is 1. The van der Waals surface area contributed by atoms with E-state index in [1.165, 1.54) is 29.0 Å². The fraction of sp³-hybridized carbons (Fsp3) is 0.0769. The summed E-state index contributed by atoms with van der Waals surface area (Å²) in [7, 11) is 1.60. The predicted octanol–water partition coefficient (Wildman–Crippen LogP) is 6.91. The average molecular weight is 443 g/mol. The maximum atomic E-state index is 13.4. The summed E-state index contributed by atoms with van der Waals surface area (Å²) < 4.78 is 25.1. The van der Waals surface area contributed by atoms with Gasteiger partial charge in [-0.05, 0) is 43.3 Å². The molecule has 158 valence electrons. The van der Waals surface area contributed by atoms with Crippen molar-refractivity contribution < 1.29 is 13.5 Å². The van der Waals surface area contributed by atoms with Gasteiger partial charge in [-0.25, -0.2) is 14.4 Å². The van der Waals surface area contributed by atoms with Gasteiger partial charge in [0.25, 0.3) is 0 Å². The molecule has 0 atom stereocenters. The molecule has 0 saturated carbocycles. The first-order valence-electron chi connectivity index (χ1n) is 10.0.